The van der Waals surface area contributed by atoms with Gasteiger partial charge in [-0.1, -0.05) is 13.8 Å². The van der Waals surface area contributed by atoms with E-state index in [1.54, 1.807) is 0 Å². The van der Waals surface area contributed by atoms with Crippen molar-refractivity contribution in [2.75, 3.05) is 19.6 Å². The average molecular weight is 315 g/mol. The Bertz CT molecular complexity index is 571. The maximum Gasteiger partial charge on any atom is 0.244 e. The van der Waals surface area contributed by atoms with Crippen molar-refractivity contribution in [2.24, 2.45) is 5.92 Å². The molecule has 1 aromatic heterocycles. The second-order valence-corrected chi connectivity index (χ2v) is 7.79. The van der Waals surface area contributed by atoms with Gasteiger partial charge in [-0.15, -0.1) is 0 Å². The highest BCUT2D eigenvalue weighted by Crippen LogP contribution is 2.19. The predicted molar refractivity (Wildman–Crippen MR) is 78.8 cm³/mol. The molecule has 0 amide bonds. The van der Waals surface area contributed by atoms with Crippen molar-refractivity contribution in [1.82, 2.24) is 14.6 Å². The second kappa shape index (κ2) is 6.81. The lowest BCUT2D eigenvalue weighted by atomic mass is 10.2. The average Bonchev–Trinajstić information content (AvgIpc) is 2.90. The van der Waals surface area contributed by atoms with Crippen molar-refractivity contribution >= 4 is 10.0 Å². The maximum absolute atomic E-state index is 13.3. The largest absolute Gasteiger partial charge is 0.313 e. The van der Waals surface area contributed by atoms with Gasteiger partial charge in [-0.3, -0.25) is 4.98 Å². The fraction of sp³-hybridized carbons (Fsp3) is 0.643. The number of aromatic nitrogens is 1. The van der Waals surface area contributed by atoms with Gasteiger partial charge in [0.15, 0.2) is 0 Å². The van der Waals surface area contributed by atoms with Crippen LogP contribution in [0.2, 0.25) is 0 Å². The number of hydrogen-bond acceptors (Lipinski definition) is 4. The standard InChI is InChI=1S/C14H22FN3O2S/c1-11(2)9-18(10-13-4-3-5-17-13)21(19,20)14-6-12(15)7-16-8-14/h6-8,11,13,17H,3-5,9-10H2,1-2H3. The predicted octanol–water partition coefficient (Wildman–Crippen LogP) is 1.62. The minimum Gasteiger partial charge on any atom is -0.313 e. The first-order valence-electron chi connectivity index (χ1n) is 7.23. The Hall–Kier alpha value is -1.05. The normalized spacial score (nSPS) is 19.6. The second-order valence-electron chi connectivity index (χ2n) is 5.85. The maximum atomic E-state index is 13.3. The molecule has 1 N–H and O–H groups in total. The fourth-order valence-electron chi connectivity index (χ4n) is 2.52. The zero-order valence-corrected chi connectivity index (χ0v) is 13.2. The van der Waals surface area contributed by atoms with Crippen molar-refractivity contribution < 1.29 is 12.8 Å². The van der Waals surface area contributed by atoms with Gasteiger partial charge in [-0.05, 0) is 31.4 Å². The van der Waals surface area contributed by atoms with Gasteiger partial charge in [-0.2, -0.15) is 4.31 Å². The van der Waals surface area contributed by atoms with Crippen LogP contribution in [0, 0.1) is 11.7 Å². The Morgan fingerprint density at radius 2 is 2.24 bits per heavy atom. The Balaban J connectivity index is 2.24. The Labute approximate surface area is 125 Å². The van der Waals surface area contributed by atoms with E-state index in [1.807, 2.05) is 13.8 Å². The van der Waals surface area contributed by atoms with E-state index in [4.69, 9.17) is 0 Å². The fourth-order valence-corrected chi connectivity index (χ4v) is 4.14. The van der Waals surface area contributed by atoms with Crippen LogP contribution in [0.1, 0.15) is 26.7 Å². The van der Waals surface area contributed by atoms with E-state index in [-0.39, 0.29) is 16.9 Å². The van der Waals surface area contributed by atoms with E-state index in [1.165, 1.54) is 10.5 Å². The first kappa shape index (κ1) is 16.3. The lowest BCUT2D eigenvalue weighted by molar-refractivity contribution is 0.336. The van der Waals surface area contributed by atoms with Crippen LogP contribution < -0.4 is 5.32 Å². The highest BCUT2D eigenvalue weighted by molar-refractivity contribution is 7.89. The molecule has 0 aliphatic carbocycles. The molecule has 0 spiro atoms. The van der Waals surface area contributed by atoms with E-state index in [0.29, 0.717) is 13.1 Å². The molecule has 2 rings (SSSR count). The third-order valence-corrected chi connectivity index (χ3v) is 5.27. The van der Waals surface area contributed by atoms with Gasteiger partial charge in [0.2, 0.25) is 10.0 Å². The number of nitrogens with zero attached hydrogens (tertiary/aromatic N) is 2. The summed E-state index contributed by atoms with van der Waals surface area (Å²) in [5.74, 6) is -0.442. The molecule has 1 fully saturated rings. The van der Waals surface area contributed by atoms with E-state index in [0.717, 1.165) is 31.6 Å². The van der Waals surface area contributed by atoms with Crippen molar-refractivity contribution in [1.29, 1.82) is 0 Å². The Morgan fingerprint density at radius 1 is 1.48 bits per heavy atom. The molecular formula is C14H22FN3O2S. The molecule has 5 nitrogen and oxygen atoms in total. The Morgan fingerprint density at radius 3 is 2.81 bits per heavy atom. The topological polar surface area (TPSA) is 62.3 Å². The van der Waals surface area contributed by atoms with Gasteiger partial charge in [0.05, 0.1) is 6.20 Å². The van der Waals surface area contributed by atoms with Gasteiger partial charge >= 0.3 is 0 Å². The lowest BCUT2D eigenvalue weighted by Gasteiger charge is -2.26. The number of pyridine rings is 1. The van der Waals surface area contributed by atoms with Crippen molar-refractivity contribution in [3.8, 4) is 0 Å². The van der Waals surface area contributed by atoms with Crippen molar-refractivity contribution in [2.45, 2.75) is 37.6 Å². The van der Waals surface area contributed by atoms with Crippen LogP contribution in [0.5, 0.6) is 0 Å². The van der Waals surface area contributed by atoms with Crippen molar-refractivity contribution in [3.05, 3.63) is 24.3 Å². The van der Waals surface area contributed by atoms with Gasteiger partial charge in [0.25, 0.3) is 0 Å². The molecule has 1 saturated heterocycles. The number of halogens is 1. The molecule has 0 saturated carbocycles. The zero-order chi connectivity index (χ0) is 15.5. The summed E-state index contributed by atoms with van der Waals surface area (Å²) in [6.07, 6.45) is 4.23. The molecule has 0 bridgehead atoms. The minimum absolute atomic E-state index is 0.0823. The van der Waals surface area contributed by atoms with Crippen LogP contribution in [0.3, 0.4) is 0 Å². The van der Waals surface area contributed by atoms with Gasteiger partial charge < -0.3 is 5.32 Å². The van der Waals surface area contributed by atoms with Crippen LogP contribution >= 0.6 is 0 Å². The molecule has 1 aliphatic heterocycles. The van der Waals surface area contributed by atoms with Crippen LogP contribution in [0.25, 0.3) is 0 Å². The summed E-state index contributed by atoms with van der Waals surface area (Å²) in [7, 11) is -3.72. The van der Waals surface area contributed by atoms with Gasteiger partial charge in [0.1, 0.15) is 10.7 Å². The molecule has 118 valence electrons. The van der Waals surface area contributed by atoms with Crippen molar-refractivity contribution in [3.63, 3.8) is 0 Å². The summed E-state index contributed by atoms with van der Waals surface area (Å²) in [5, 5.41) is 3.30. The molecule has 0 aromatic carbocycles. The first-order chi connectivity index (χ1) is 9.89. The summed E-state index contributed by atoms with van der Waals surface area (Å²) in [6.45, 7) is 5.68. The highest BCUT2D eigenvalue weighted by Gasteiger charge is 2.29. The SMILES string of the molecule is CC(C)CN(CC1CCCN1)S(=O)(=O)c1cncc(F)c1. The third-order valence-electron chi connectivity index (χ3n) is 3.47. The number of nitrogens with one attached hydrogen (secondary N) is 1. The van der Waals surface area contributed by atoms with Crippen LogP contribution in [-0.4, -0.2) is 43.4 Å². The number of rotatable bonds is 6. The first-order valence-corrected chi connectivity index (χ1v) is 8.67. The molecule has 1 aromatic rings. The molecule has 1 aliphatic rings. The highest BCUT2D eigenvalue weighted by atomic mass is 32.2. The quantitative estimate of drug-likeness (QED) is 0.866. The summed E-state index contributed by atoms with van der Waals surface area (Å²) in [6, 6.07) is 1.19. The number of sulfonamides is 1. The molecule has 1 unspecified atom stereocenters. The molecule has 1 atom stereocenters. The summed E-state index contributed by atoms with van der Waals surface area (Å²) < 4.78 is 40.1. The summed E-state index contributed by atoms with van der Waals surface area (Å²) in [5.41, 5.74) is 0. The summed E-state index contributed by atoms with van der Waals surface area (Å²) in [4.78, 5) is 3.57. The molecule has 7 heteroatoms. The van der Waals surface area contributed by atoms with Crippen LogP contribution in [-0.2, 0) is 10.0 Å². The monoisotopic (exact) mass is 315 g/mol. The van der Waals surface area contributed by atoms with Crippen LogP contribution in [0.15, 0.2) is 23.4 Å². The van der Waals surface area contributed by atoms with E-state index in [9.17, 15) is 12.8 Å². The van der Waals surface area contributed by atoms with E-state index >= 15 is 0 Å². The Kier molecular flexibility index (Phi) is 5.29. The molecule has 2 heterocycles. The molecule has 0 radical (unpaired) electrons. The van der Waals surface area contributed by atoms with Gasteiger partial charge in [-0.25, -0.2) is 12.8 Å². The van der Waals surface area contributed by atoms with Crippen LogP contribution in [0.4, 0.5) is 4.39 Å². The van der Waals surface area contributed by atoms with E-state index < -0.39 is 15.8 Å². The smallest absolute Gasteiger partial charge is 0.244 e. The van der Waals surface area contributed by atoms with E-state index in [2.05, 4.69) is 10.3 Å². The summed E-state index contributed by atoms with van der Waals surface area (Å²) >= 11 is 0. The third kappa shape index (κ3) is 4.21. The molecular weight excluding hydrogens is 293 g/mol. The van der Waals surface area contributed by atoms with Gasteiger partial charge in [0, 0.05) is 25.3 Å². The molecule has 21 heavy (non-hydrogen) atoms. The zero-order valence-electron chi connectivity index (χ0n) is 12.4. The number of hydrogen-bond donors (Lipinski definition) is 1. The lowest BCUT2D eigenvalue weighted by Crippen LogP contribution is -2.42. The minimum atomic E-state index is -3.72.